The van der Waals surface area contributed by atoms with Gasteiger partial charge in [0.25, 0.3) is 0 Å². The highest BCUT2D eigenvalue weighted by Crippen LogP contribution is 2.36. The Labute approximate surface area is 243 Å². The van der Waals surface area contributed by atoms with E-state index in [1.54, 1.807) is 25.0 Å². The number of carbonyl (C=O) groups excluding carboxylic acids is 1. The molecule has 5 aromatic rings. The van der Waals surface area contributed by atoms with Gasteiger partial charge in [-0.25, -0.2) is 19.3 Å². The topological polar surface area (TPSA) is 104 Å². The summed E-state index contributed by atoms with van der Waals surface area (Å²) in [5.74, 6) is -0.310. The Hall–Kier alpha value is -4.35. The molecular weight excluding hydrogens is 535 g/mol. The smallest absolute Gasteiger partial charge is 0.213 e. The third kappa shape index (κ3) is 5.57. The number of ether oxygens (including phenoxy) is 1. The molecule has 0 saturated carbocycles. The van der Waals surface area contributed by atoms with Crippen LogP contribution in [0.1, 0.15) is 29.2 Å². The molecule has 1 aromatic carbocycles. The molecule has 1 fully saturated rings. The number of methoxy groups -OCH3 is 1. The minimum Gasteiger partial charge on any atom is -0.383 e. The second kappa shape index (κ2) is 11.9. The molecule has 0 radical (unpaired) electrons. The van der Waals surface area contributed by atoms with Gasteiger partial charge in [0, 0.05) is 70.5 Å². The number of halogens is 1. The van der Waals surface area contributed by atoms with Gasteiger partial charge in [0.05, 0.1) is 23.7 Å². The highest BCUT2D eigenvalue weighted by Gasteiger charge is 2.35. The fourth-order valence-electron chi connectivity index (χ4n) is 6.00. The fourth-order valence-corrected chi connectivity index (χ4v) is 6.00. The Bertz CT molecular complexity index is 1720. The van der Waals surface area contributed by atoms with E-state index in [1.807, 2.05) is 54.1 Å². The molecule has 0 N–H and O–H groups in total. The summed E-state index contributed by atoms with van der Waals surface area (Å²) in [7, 11) is 3.48. The van der Waals surface area contributed by atoms with E-state index in [0.29, 0.717) is 24.2 Å². The second-order valence-corrected chi connectivity index (χ2v) is 10.9. The highest BCUT2D eigenvalue weighted by atomic mass is 19.1. The van der Waals surface area contributed by atoms with Gasteiger partial charge >= 0.3 is 0 Å². The molecule has 11 heteroatoms. The summed E-state index contributed by atoms with van der Waals surface area (Å²) in [6.45, 7) is 4.85. The minimum absolute atomic E-state index is 0.0313. The van der Waals surface area contributed by atoms with Crippen molar-refractivity contribution < 1.29 is 13.9 Å². The molecule has 0 amide bonds. The van der Waals surface area contributed by atoms with E-state index in [9.17, 15) is 9.18 Å². The number of nitrogens with zero attached hydrogens (tertiary/aromatic N) is 8. The lowest BCUT2D eigenvalue weighted by atomic mass is 9.85. The van der Waals surface area contributed by atoms with Gasteiger partial charge in [-0.15, -0.1) is 5.10 Å². The van der Waals surface area contributed by atoms with Gasteiger partial charge in [-0.1, -0.05) is 23.4 Å². The molecule has 1 saturated heterocycles. The van der Waals surface area contributed by atoms with E-state index >= 15 is 0 Å². The van der Waals surface area contributed by atoms with Crippen LogP contribution in [0.25, 0.3) is 28.1 Å². The van der Waals surface area contributed by atoms with Crippen molar-refractivity contribution in [2.45, 2.75) is 25.7 Å². The zero-order chi connectivity index (χ0) is 29.2. The van der Waals surface area contributed by atoms with E-state index in [4.69, 9.17) is 9.84 Å². The van der Waals surface area contributed by atoms with Crippen molar-refractivity contribution in [1.29, 1.82) is 0 Å². The zero-order valence-electron chi connectivity index (χ0n) is 23.9. The van der Waals surface area contributed by atoms with Crippen LogP contribution in [0, 0.1) is 18.8 Å². The van der Waals surface area contributed by atoms with E-state index in [-0.39, 0.29) is 24.0 Å². The number of Topliss-reactive ketones (excluding diaryl/α,β-unsaturated/α-hetero) is 1. The lowest BCUT2D eigenvalue weighted by molar-refractivity contribution is -0.119. The molecular formula is C31H33FN8O2. The zero-order valence-corrected chi connectivity index (χ0v) is 23.9. The number of hydrogen-bond acceptors (Lipinski definition) is 8. The standard InChI is InChI=1S/C31H33FN8O2/c1-20-28(16-25(41)13-23-18-39(11-12-42-3)19-26(23)21-9-10-33-29(32)15-21)40(24-7-5-4-6-8-24)36-30(20)22-14-27-31(34-17-22)38(2)37-35-27/h4-10,14-15,17,23,26H,11-13,16,18-19H2,1-3H3/t23-,26+/m1/s1. The molecule has 0 bridgehead atoms. The van der Waals surface area contributed by atoms with Crippen LogP contribution >= 0.6 is 0 Å². The number of hydrogen-bond donors (Lipinski definition) is 0. The summed E-state index contributed by atoms with van der Waals surface area (Å²) in [5, 5.41) is 13.2. The van der Waals surface area contributed by atoms with E-state index in [0.717, 1.165) is 53.4 Å². The number of pyridine rings is 2. The molecule has 0 aliphatic carbocycles. The Kier molecular flexibility index (Phi) is 7.86. The monoisotopic (exact) mass is 568 g/mol. The van der Waals surface area contributed by atoms with Crippen molar-refractivity contribution in [3.05, 3.63) is 83.7 Å². The molecule has 10 nitrogen and oxygen atoms in total. The summed E-state index contributed by atoms with van der Waals surface area (Å²) in [6.07, 6.45) is 3.87. The van der Waals surface area contributed by atoms with Crippen molar-refractivity contribution in [3.63, 3.8) is 0 Å². The first kappa shape index (κ1) is 27.8. The number of para-hydroxylation sites is 1. The molecule has 6 rings (SSSR count). The number of fused-ring (bicyclic) bond motifs is 1. The van der Waals surface area contributed by atoms with Crippen molar-refractivity contribution in [2.75, 3.05) is 33.4 Å². The van der Waals surface area contributed by atoms with Crippen LogP contribution in [0.3, 0.4) is 0 Å². The molecule has 1 aliphatic heterocycles. The first-order valence-corrected chi connectivity index (χ1v) is 14.1. The second-order valence-electron chi connectivity index (χ2n) is 10.9. The van der Waals surface area contributed by atoms with Crippen LogP contribution in [0.5, 0.6) is 0 Å². The van der Waals surface area contributed by atoms with Gasteiger partial charge in [0.2, 0.25) is 5.95 Å². The van der Waals surface area contributed by atoms with Crippen molar-refractivity contribution in [3.8, 4) is 16.9 Å². The average Bonchev–Trinajstić information content (AvgIpc) is 3.67. The van der Waals surface area contributed by atoms with Crippen molar-refractivity contribution in [1.82, 2.24) is 39.6 Å². The van der Waals surface area contributed by atoms with Crippen LogP contribution in [0.2, 0.25) is 0 Å². The van der Waals surface area contributed by atoms with Gasteiger partial charge in [-0.3, -0.25) is 4.79 Å². The number of ketones is 1. The van der Waals surface area contributed by atoms with E-state index in [2.05, 4.69) is 25.2 Å². The maximum atomic E-state index is 14.0. The van der Waals surface area contributed by atoms with Crippen LogP contribution in [-0.4, -0.2) is 78.8 Å². The molecule has 0 unspecified atom stereocenters. The number of likely N-dealkylation sites (tertiary alicyclic amines) is 1. The predicted molar refractivity (Wildman–Crippen MR) is 156 cm³/mol. The minimum atomic E-state index is -0.503. The molecule has 1 aliphatic rings. The van der Waals surface area contributed by atoms with E-state index in [1.165, 1.54) is 12.3 Å². The van der Waals surface area contributed by atoms with Gasteiger partial charge in [0.1, 0.15) is 11.3 Å². The lowest BCUT2D eigenvalue weighted by Gasteiger charge is -2.18. The summed E-state index contributed by atoms with van der Waals surface area (Å²) in [4.78, 5) is 24.4. The first-order valence-electron chi connectivity index (χ1n) is 14.1. The van der Waals surface area contributed by atoms with Gasteiger partial charge in [-0.05, 0) is 54.3 Å². The molecule has 4 aromatic heterocycles. The largest absolute Gasteiger partial charge is 0.383 e. The number of benzene rings is 1. The quantitative estimate of drug-likeness (QED) is 0.234. The highest BCUT2D eigenvalue weighted by molar-refractivity contribution is 5.83. The average molecular weight is 569 g/mol. The Balaban J connectivity index is 1.30. The SMILES string of the molecule is COCCN1C[C@@H](CC(=O)Cc2c(C)c(-c3cnc4c(c3)nnn4C)nn2-c2ccccc2)[C@H](c2ccnc(F)c2)C1. The van der Waals surface area contributed by atoms with Crippen LogP contribution in [0.15, 0.2) is 60.9 Å². The maximum Gasteiger partial charge on any atom is 0.213 e. The van der Waals surface area contributed by atoms with E-state index < -0.39 is 5.95 Å². The Morgan fingerprint density at radius 2 is 1.95 bits per heavy atom. The number of aryl methyl sites for hydroxylation is 1. The summed E-state index contributed by atoms with van der Waals surface area (Å²) in [6, 6.07) is 15.1. The molecule has 2 atom stereocenters. The van der Waals surface area contributed by atoms with Crippen LogP contribution in [-0.2, 0) is 23.0 Å². The van der Waals surface area contributed by atoms with Crippen molar-refractivity contribution >= 4 is 16.9 Å². The molecule has 216 valence electrons. The molecule has 0 spiro atoms. The summed E-state index contributed by atoms with van der Waals surface area (Å²) in [5.41, 5.74) is 6.43. The predicted octanol–water partition coefficient (Wildman–Crippen LogP) is 3.92. The number of rotatable bonds is 10. The van der Waals surface area contributed by atoms with Crippen molar-refractivity contribution in [2.24, 2.45) is 13.0 Å². The number of carbonyl (C=O) groups is 1. The van der Waals surface area contributed by atoms with Gasteiger partial charge < -0.3 is 9.64 Å². The molecule has 42 heavy (non-hydrogen) atoms. The Morgan fingerprint density at radius 3 is 2.74 bits per heavy atom. The summed E-state index contributed by atoms with van der Waals surface area (Å²) >= 11 is 0. The van der Waals surface area contributed by atoms with Gasteiger partial charge in [-0.2, -0.15) is 9.49 Å². The first-order chi connectivity index (χ1) is 20.4. The Morgan fingerprint density at radius 1 is 1.12 bits per heavy atom. The van der Waals surface area contributed by atoms with Gasteiger partial charge in [0.15, 0.2) is 5.65 Å². The van der Waals surface area contributed by atoms with Crippen LogP contribution < -0.4 is 0 Å². The normalized spacial score (nSPS) is 17.3. The third-order valence-electron chi connectivity index (χ3n) is 8.12. The lowest BCUT2D eigenvalue weighted by Crippen LogP contribution is -2.25. The molecule has 5 heterocycles. The summed E-state index contributed by atoms with van der Waals surface area (Å²) < 4.78 is 22.8. The third-order valence-corrected chi connectivity index (χ3v) is 8.12. The fraction of sp³-hybridized carbons (Fsp3) is 0.355. The maximum absolute atomic E-state index is 14.0. The number of aromatic nitrogens is 7. The van der Waals surface area contributed by atoms with Crippen LogP contribution in [0.4, 0.5) is 4.39 Å².